The van der Waals surface area contributed by atoms with E-state index in [2.05, 4.69) is 21.2 Å². The molecule has 0 heterocycles. The zero-order chi connectivity index (χ0) is 15.4. The van der Waals surface area contributed by atoms with Gasteiger partial charge in [0, 0.05) is 23.0 Å². The van der Waals surface area contributed by atoms with E-state index in [0.29, 0.717) is 13.1 Å². The van der Waals surface area contributed by atoms with Crippen LogP contribution < -0.4 is 11.1 Å². The van der Waals surface area contributed by atoms with E-state index < -0.39 is 11.7 Å². The van der Waals surface area contributed by atoms with Gasteiger partial charge in [-0.25, -0.2) is 4.79 Å². The third-order valence-electron chi connectivity index (χ3n) is 2.99. The molecule has 5 heteroatoms. The molecule has 1 aromatic rings. The highest BCUT2D eigenvalue weighted by Crippen LogP contribution is 2.25. The van der Waals surface area contributed by atoms with E-state index in [9.17, 15) is 4.79 Å². The summed E-state index contributed by atoms with van der Waals surface area (Å²) in [6.07, 6.45) is -0.424. The van der Waals surface area contributed by atoms with Crippen LogP contribution in [0.5, 0.6) is 0 Å². The molecule has 0 saturated carbocycles. The molecule has 1 amide bonds. The first-order valence-electron chi connectivity index (χ1n) is 6.59. The van der Waals surface area contributed by atoms with Gasteiger partial charge in [-0.2, -0.15) is 0 Å². The second-order valence-electron chi connectivity index (χ2n) is 6.13. The standard InChI is InChI=1S/C15H23BrN2O2/c1-14(2,3)20-13(19)18-10-15(4,9-17)11-6-5-7-12(16)8-11/h5-8H,9-10,17H2,1-4H3,(H,18,19). The Hall–Kier alpha value is -1.07. The van der Waals surface area contributed by atoms with Crippen molar-refractivity contribution in [2.45, 2.75) is 38.7 Å². The number of alkyl carbamates (subject to hydrolysis) is 1. The van der Waals surface area contributed by atoms with E-state index in [1.54, 1.807) is 0 Å². The van der Waals surface area contributed by atoms with Gasteiger partial charge in [0.2, 0.25) is 0 Å². The Morgan fingerprint density at radius 1 is 1.35 bits per heavy atom. The van der Waals surface area contributed by atoms with Crippen molar-refractivity contribution in [3.05, 3.63) is 34.3 Å². The summed E-state index contributed by atoms with van der Waals surface area (Å²) in [5.41, 5.74) is 6.14. The number of carbonyl (C=O) groups excluding carboxylic acids is 1. The van der Waals surface area contributed by atoms with Crippen LogP contribution in [0.15, 0.2) is 28.7 Å². The molecule has 112 valence electrons. The van der Waals surface area contributed by atoms with Gasteiger partial charge in [-0.1, -0.05) is 35.0 Å². The van der Waals surface area contributed by atoms with Crippen LogP contribution in [0.3, 0.4) is 0 Å². The van der Waals surface area contributed by atoms with E-state index in [1.165, 1.54) is 0 Å². The van der Waals surface area contributed by atoms with Gasteiger partial charge >= 0.3 is 6.09 Å². The molecule has 20 heavy (non-hydrogen) atoms. The summed E-state index contributed by atoms with van der Waals surface area (Å²) in [5, 5.41) is 2.79. The smallest absolute Gasteiger partial charge is 0.407 e. The first kappa shape index (κ1) is 17.0. The third kappa shape index (κ3) is 5.13. The molecule has 0 aliphatic heterocycles. The van der Waals surface area contributed by atoms with E-state index in [-0.39, 0.29) is 5.41 Å². The molecule has 1 atom stereocenters. The lowest BCUT2D eigenvalue weighted by Gasteiger charge is -2.30. The molecule has 3 N–H and O–H groups in total. The van der Waals surface area contributed by atoms with E-state index >= 15 is 0 Å². The first-order chi connectivity index (χ1) is 9.16. The topological polar surface area (TPSA) is 64.3 Å². The average Bonchev–Trinajstić information content (AvgIpc) is 2.34. The van der Waals surface area contributed by atoms with Crippen LogP contribution in [-0.2, 0) is 10.2 Å². The molecule has 0 bridgehead atoms. The minimum atomic E-state index is -0.501. The molecular weight excluding hydrogens is 320 g/mol. The zero-order valence-corrected chi connectivity index (χ0v) is 14.1. The van der Waals surface area contributed by atoms with Crippen LogP contribution in [0, 0.1) is 0 Å². The number of halogens is 1. The molecular formula is C15H23BrN2O2. The third-order valence-corrected chi connectivity index (χ3v) is 3.49. The molecule has 0 aliphatic carbocycles. The molecule has 0 aromatic heterocycles. The van der Waals surface area contributed by atoms with Crippen LogP contribution in [-0.4, -0.2) is 24.8 Å². The number of nitrogens with one attached hydrogen (secondary N) is 1. The summed E-state index contributed by atoms with van der Waals surface area (Å²) in [7, 11) is 0. The van der Waals surface area contributed by atoms with Gasteiger partial charge in [0.1, 0.15) is 5.60 Å². The predicted molar refractivity (Wildman–Crippen MR) is 84.8 cm³/mol. The van der Waals surface area contributed by atoms with E-state index in [0.717, 1.165) is 10.0 Å². The lowest BCUT2D eigenvalue weighted by molar-refractivity contribution is 0.0516. The largest absolute Gasteiger partial charge is 0.444 e. The van der Waals surface area contributed by atoms with Crippen molar-refractivity contribution >= 4 is 22.0 Å². The predicted octanol–water partition coefficient (Wildman–Crippen LogP) is 3.19. The number of carbonyl (C=O) groups is 1. The quantitative estimate of drug-likeness (QED) is 0.882. The van der Waals surface area contributed by atoms with Gasteiger partial charge in [-0.15, -0.1) is 0 Å². The Kier molecular flexibility index (Phi) is 5.59. The summed E-state index contributed by atoms with van der Waals surface area (Å²) in [4.78, 5) is 11.7. The van der Waals surface area contributed by atoms with Gasteiger partial charge in [-0.3, -0.25) is 0 Å². The van der Waals surface area contributed by atoms with E-state index in [1.807, 2.05) is 52.0 Å². The van der Waals surface area contributed by atoms with Crippen LogP contribution >= 0.6 is 15.9 Å². The van der Waals surface area contributed by atoms with Gasteiger partial charge < -0.3 is 15.8 Å². The van der Waals surface area contributed by atoms with Gasteiger partial charge in [0.15, 0.2) is 0 Å². The summed E-state index contributed by atoms with van der Waals surface area (Å²) in [6, 6.07) is 7.94. The fourth-order valence-corrected chi connectivity index (χ4v) is 2.14. The van der Waals surface area contributed by atoms with Crippen molar-refractivity contribution in [3.63, 3.8) is 0 Å². The highest BCUT2D eigenvalue weighted by molar-refractivity contribution is 9.10. The second-order valence-corrected chi connectivity index (χ2v) is 7.05. The fourth-order valence-electron chi connectivity index (χ4n) is 1.74. The van der Waals surface area contributed by atoms with Crippen LogP contribution in [0.1, 0.15) is 33.3 Å². The minimum Gasteiger partial charge on any atom is -0.444 e. The molecule has 1 rings (SSSR count). The number of nitrogens with two attached hydrogens (primary N) is 1. The molecule has 4 nitrogen and oxygen atoms in total. The van der Waals surface area contributed by atoms with Crippen molar-refractivity contribution in [1.29, 1.82) is 0 Å². The van der Waals surface area contributed by atoms with Crippen LogP contribution in [0.25, 0.3) is 0 Å². The second kappa shape index (κ2) is 6.59. The molecule has 0 saturated heterocycles. The Labute approximate surface area is 129 Å². The lowest BCUT2D eigenvalue weighted by atomic mass is 9.82. The average molecular weight is 343 g/mol. The number of hydrogen-bond acceptors (Lipinski definition) is 3. The Balaban J connectivity index is 2.74. The van der Waals surface area contributed by atoms with Gasteiger partial charge in [0.25, 0.3) is 0 Å². The van der Waals surface area contributed by atoms with Gasteiger partial charge in [-0.05, 0) is 38.5 Å². The number of ether oxygens (including phenoxy) is 1. The monoisotopic (exact) mass is 342 g/mol. The Bertz CT molecular complexity index is 471. The molecule has 0 fully saturated rings. The maximum absolute atomic E-state index is 11.7. The maximum atomic E-state index is 11.7. The molecule has 1 aromatic carbocycles. The number of amides is 1. The van der Waals surface area contributed by atoms with Crippen molar-refractivity contribution in [3.8, 4) is 0 Å². The number of benzene rings is 1. The van der Waals surface area contributed by atoms with Crippen molar-refractivity contribution in [2.75, 3.05) is 13.1 Å². The van der Waals surface area contributed by atoms with Gasteiger partial charge in [0.05, 0.1) is 0 Å². The fraction of sp³-hybridized carbons (Fsp3) is 0.533. The molecule has 0 aliphatic rings. The van der Waals surface area contributed by atoms with Crippen LogP contribution in [0.4, 0.5) is 4.79 Å². The molecule has 0 radical (unpaired) electrons. The van der Waals surface area contributed by atoms with Crippen molar-refractivity contribution in [2.24, 2.45) is 5.73 Å². The SMILES string of the molecule is CC(C)(C)OC(=O)NCC(C)(CN)c1cccc(Br)c1. The number of hydrogen-bond donors (Lipinski definition) is 2. The van der Waals surface area contributed by atoms with Crippen LogP contribution in [0.2, 0.25) is 0 Å². The van der Waals surface area contributed by atoms with Crippen molar-refractivity contribution in [1.82, 2.24) is 5.32 Å². The summed E-state index contributed by atoms with van der Waals surface area (Å²) >= 11 is 3.45. The summed E-state index contributed by atoms with van der Waals surface area (Å²) < 4.78 is 6.23. The highest BCUT2D eigenvalue weighted by Gasteiger charge is 2.27. The minimum absolute atomic E-state index is 0.333. The summed E-state index contributed by atoms with van der Waals surface area (Å²) in [6.45, 7) is 8.38. The maximum Gasteiger partial charge on any atom is 0.407 e. The zero-order valence-electron chi connectivity index (χ0n) is 12.5. The molecule has 1 unspecified atom stereocenters. The number of rotatable bonds is 4. The normalized spacial score (nSPS) is 14.5. The highest BCUT2D eigenvalue weighted by atomic mass is 79.9. The molecule has 0 spiro atoms. The Morgan fingerprint density at radius 3 is 2.50 bits per heavy atom. The summed E-state index contributed by atoms with van der Waals surface area (Å²) in [5.74, 6) is 0. The lowest BCUT2D eigenvalue weighted by Crippen LogP contribution is -2.45. The Morgan fingerprint density at radius 2 is 2.00 bits per heavy atom. The first-order valence-corrected chi connectivity index (χ1v) is 7.38. The van der Waals surface area contributed by atoms with Crippen molar-refractivity contribution < 1.29 is 9.53 Å². The van der Waals surface area contributed by atoms with E-state index in [4.69, 9.17) is 10.5 Å².